The molecule has 0 saturated heterocycles. The Morgan fingerprint density at radius 1 is 1.11 bits per heavy atom. The van der Waals surface area contributed by atoms with Crippen LogP contribution >= 0.6 is 0 Å². The Labute approximate surface area is 226 Å². The SMILES string of the molecule is CCCCCCc1ccc(CC(C)C(C)C(O)c2c(O)cc(C(C)CC/C=C/NC(=O)OC)oc2=O)cc1. The van der Waals surface area contributed by atoms with Gasteiger partial charge in [0.05, 0.1) is 13.2 Å². The smallest absolute Gasteiger partial charge is 0.410 e. The van der Waals surface area contributed by atoms with Crippen molar-refractivity contribution in [1.29, 1.82) is 0 Å². The van der Waals surface area contributed by atoms with Crippen LogP contribution in [0, 0.1) is 11.8 Å². The first-order valence-electron chi connectivity index (χ1n) is 13.8. The third kappa shape index (κ3) is 9.67. The summed E-state index contributed by atoms with van der Waals surface area (Å²) in [5, 5.41) is 24.1. The van der Waals surface area contributed by atoms with Crippen molar-refractivity contribution in [1.82, 2.24) is 5.32 Å². The molecule has 3 N–H and O–H groups in total. The van der Waals surface area contributed by atoms with E-state index < -0.39 is 17.8 Å². The number of carbonyl (C=O) groups is 1. The predicted octanol–water partition coefficient (Wildman–Crippen LogP) is 6.77. The lowest BCUT2D eigenvalue weighted by Crippen LogP contribution is -2.24. The standard InChI is InChI=1S/C31H45NO6/c1-6-7-8-9-13-24-14-16-25(17-15-24)19-22(3)23(4)29(34)28-26(33)20-27(38-30(28)35)21(2)12-10-11-18-32-31(36)37-5/h11,14-18,20-23,29,33-34H,6-10,12-13,19H2,1-5H3,(H,32,36)/b18-11+. The van der Waals surface area contributed by atoms with Gasteiger partial charge in [-0.05, 0) is 55.1 Å². The van der Waals surface area contributed by atoms with Gasteiger partial charge in [0.2, 0.25) is 0 Å². The van der Waals surface area contributed by atoms with Crippen LogP contribution in [0.1, 0.15) is 101 Å². The minimum absolute atomic E-state index is 0.0724. The summed E-state index contributed by atoms with van der Waals surface area (Å²) in [6.07, 6.45) is 9.67. The van der Waals surface area contributed by atoms with Gasteiger partial charge in [-0.1, -0.05) is 77.3 Å². The molecule has 1 aromatic heterocycles. The number of amides is 1. The van der Waals surface area contributed by atoms with Crippen LogP contribution in [0.5, 0.6) is 5.75 Å². The van der Waals surface area contributed by atoms with Crippen molar-refractivity contribution in [2.45, 2.75) is 91.1 Å². The lowest BCUT2D eigenvalue weighted by atomic mass is 9.83. The second-order valence-corrected chi connectivity index (χ2v) is 10.4. The largest absolute Gasteiger partial charge is 0.507 e. The van der Waals surface area contributed by atoms with Crippen LogP contribution in [0.2, 0.25) is 0 Å². The fraction of sp³-hybridized carbons (Fsp3) is 0.548. The number of aromatic hydroxyl groups is 1. The fourth-order valence-corrected chi connectivity index (χ4v) is 4.51. The van der Waals surface area contributed by atoms with E-state index in [1.165, 1.54) is 56.2 Å². The first-order chi connectivity index (χ1) is 18.2. The summed E-state index contributed by atoms with van der Waals surface area (Å²) in [7, 11) is 1.29. The van der Waals surface area contributed by atoms with Crippen molar-refractivity contribution in [2.75, 3.05) is 7.11 Å². The Morgan fingerprint density at radius 3 is 2.42 bits per heavy atom. The van der Waals surface area contributed by atoms with E-state index in [4.69, 9.17) is 4.42 Å². The molecule has 0 radical (unpaired) electrons. The second-order valence-electron chi connectivity index (χ2n) is 10.4. The molecule has 0 aliphatic carbocycles. The van der Waals surface area contributed by atoms with Crippen molar-refractivity contribution in [3.8, 4) is 5.75 Å². The minimum atomic E-state index is -1.14. The Morgan fingerprint density at radius 2 is 1.79 bits per heavy atom. The minimum Gasteiger partial charge on any atom is -0.507 e. The van der Waals surface area contributed by atoms with Crippen LogP contribution in [-0.2, 0) is 17.6 Å². The maximum Gasteiger partial charge on any atom is 0.410 e. The number of carbonyl (C=O) groups excluding carboxylic acids is 1. The summed E-state index contributed by atoms with van der Waals surface area (Å²) in [5.41, 5.74) is 1.72. The van der Waals surface area contributed by atoms with Crippen LogP contribution in [0.3, 0.4) is 0 Å². The zero-order valence-electron chi connectivity index (χ0n) is 23.5. The molecular formula is C31H45NO6. The highest BCUT2D eigenvalue weighted by atomic mass is 16.5. The topological polar surface area (TPSA) is 109 Å². The van der Waals surface area contributed by atoms with Crippen LogP contribution in [0.15, 0.2) is 51.8 Å². The number of rotatable bonds is 15. The van der Waals surface area contributed by atoms with Crippen molar-refractivity contribution < 1.29 is 24.2 Å². The van der Waals surface area contributed by atoms with E-state index in [2.05, 4.69) is 41.2 Å². The first-order valence-corrected chi connectivity index (χ1v) is 13.8. The third-order valence-corrected chi connectivity index (χ3v) is 7.33. The lowest BCUT2D eigenvalue weighted by molar-refractivity contribution is 0.0809. The predicted molar refractivity (Wildman–Crippen MR) is 150 cm³/mol. The summed E-state index contributed by atoms with van der Waals surface area (Å²) in [5.74, 6) is -0.233. The normalized spacial score (nSPS) is 14.7. The number of alkyl carbamates (subject to hydrolysis) is 1. The summed E-state index contributed by atoms with van der Waals surface area (Å²) in [6, 6.07) is 10.1. The average molecular weight is 528 g/mol. The van der Waals surface area contributed by atoms with E-state index in [-0.39, 0.29) is 29.1 Å². The molecule has 0 spiro atoms. The number of allylic oxidation sites excluding steroid dienone is 1. The Hall–Kier alpha value is -3.06. The number of benzene rings is 1. The second kappa shape index (κ2) is 16.0. The molecule has 0 saturated carbocycles. The van der Waals surface area contributed by atoms with E-state index in [9.17, 15) is 19.8 Å². The average Bonchev–Trinajstić information content (AvgIpc) is 2.90. The van der Waals surface area contributed by atoms with E-state index >= 15 is 0 Å². The number of methoxy groups -OCH3 is 1. The number of aliphatic hydroxyl groups excluding tert-OH is 1. The van der Waals surface area contributed by atoms with E-state index in [1.807, 2.05) is 20.8 Å². The van der Waals surface area contributed by atoms with Crippen LogP contribution < -0.4 is 10.9 Å². The molecule has 1 aromatic carbocycles. The summed E-state index contributed by atoms with van der Waals surface area (Å²) in [6.45, 7) is 8.04. The molecule has 0 aliphatic rings. The van der Waals surface area contributed by atoms with Gasteiger partial charge in [-0.25, -0.2) is 9.59 Å². The zero-order chi connectivity index (χ0) is 28.1. The molecule has 7 nitrogen and oxygen atoms in total. The molecule has 1 amide bonds. The Balaban J connectivity index is 1.97. The molecule has 0 fully saturated rings. The van der Waals surface area contributed by atoms with E-state index in [1.54, 1.807) is 6.08 Å². The fourth-order valence-electron chi connectivity index (χ4n) is 4.51. The van der Waals surface area contributed by atoms with Gasteiger partial charge in [0.25, 0.3) is 0 Å². The Kier molecular flexibility index (Phi) is 13.1. The molecule has 2 aromatic rings. The van der Waals surface area contributed by atoms with Crippen molar-refractivity contribution in [3.05, 3.63) is 75.5 Å². The van der Waals surface area contributed by atoms with Gasteiger partial charge in [-0.2, -0.15) is 0 Å². The summed E-state index contributed by atoms with van der Waals surface area (Å²) in [4.78, 5) is 23.8. The van der Waals surface area contributed by atoms with Gasteiger partial charge in [0, 0.05) is 18.2 Å². The third-order valence-electron chi connectivity index (χ3n) is 7.33. The van der Waals surface area contributed by atoms with E-state index in [0.717, 1.165) is 12.8 Å². The number of aryl methyl sites for hydroxylation is 1. The molecule has 4 atom stereocenters. The summed E-state index contributed by atoms with van der Waals surface area (Å²) < 4.78 is 9.99. The van der Waals surface area contributed by atoms with Gasteiger partial charge in [-0.15, -0.1) is 0 Å². The van der Waals surface area contributed by atoms with Crippen LogP contribution in [0.25, 0.3) is 0 Å². The van der Waals surface area contributed by atoms with Gasteiger partial charge < -0.3 is 19.4 Å². The molecule has 38 heavy (non-hydrogen) atoms. The van der Waals surface area contributed by atoms with Gasteiger partial charge in [-0.3, -0.25) is 5.32 Å². The van der Waals surface area contributed by atoms with Crippen molar-refractivity contribution >= 4 is 6.09 Å². The molecule has 1 heterocycles. The van der Waals surface area contributed by atoms with Gasteiger partial charge in [0.1, 0.15) is 17.1 Å². The lowest BCUT2D eigenvalue weighted by Gasteiger charge is -2.25. The number of ether oxygens (including phenoxy) is 1. The quantitative estimate of drug-likeness (QED) is 0.221. The monoisotopic (exact) mass is 527 g/mol. The van der Waals surface area contributed by atoms with Crippen LogP contribution in [0.4, 0.5) is 4.79 Å². The highest BCUT2D eigenvalue weighted by Crippen LogP contribution is 2.34. The van der Waals surface area contributed by atoms with Gasteiger partial charge in [0.15, 0.2) is 0 Å². The van der Waals surface area contributed by atoms with Crippen LogP contribution in [-0.4, -0.2) is 23.4 Å². The summed E-state index contributed by atoms with van der Waals surface area (Å²) >= 11 is 0. The first kappa shape index (κ1) is 31.2. The zero-order valence-corrected chi connectivity index (χ0v) is 23.5. The van der Waals surface area contributed by atoms with Crippen molar-refractivity contribution in [3.63, 3.8) is 0 Å². The van der Waals surface area contributed by atoms with Crippen molar-refractivity contribution in [2.24, 2.45) is 11.8 Å². The highest BCUT2D eigenvalue weighted by Gasteiger charge is 2.29. The van der Waals surface area contributed by atoms with E-state index in [0.29, 0.717) is 18.6 Å². The molecule has 4 unspecified atom stereocenters. The molecule has 7 heteroatoms. The molecule has 210 valence electrons. The molecule has 2 rings (SSSR count). The maximum absolute atomic E-state index is 12.8. The molecule has 0 aliphatic heterocycles. The Bertz CT molecular complexity index is 1070. The molecule has 0 bridgehead atoms. The number of hydrogen-bond donors (Lipinski definition) is 3. The number of hydrogen-bond acceptors (Lipinski definition) is 6. The molecular weight excluding hydrogens is 482 g/mol. The number of aliphatic hydroxyl groups is 1. The number of nitrogens with one attached hydrogen (secondary N) is 1. The maximum atomic E-state index is 12.8. The van der Waals surface area contributed by atoms with Gasteiger partial charge >= 0.3 is 11.7 Å². The number of unbranched alkanes of at least 4 members (excludes halogenated alkanes) is 3. The highest BCUT2D eigenvalue weighted by molar-refractivity contribution is 5.68.